The molecule has 5 nitrogen and oxygen atoms in total. The molecule has 15 heavy (non-hydrogen) atoms. The lowest BCUT2D eigenvalue weighted by Crippen LogP contribution is -2.35. The Balaban J connectivity index is 2.89. The fourth-order valence-corrected chi connectivity index (χ4v) is 1.11. The second kappa shape index (κ2) is 11.4. The van der Waals surface area contributed by atoms with Crippen LogP contribution in [0.4, 0.5) is 0 Å². The molecule has 5 heteroatoms. The first-order valence-corrected chi connectivity index (χ1v) is 5.64. The average molecular weight is 216 g/mol. The van der Waals surface area contributed by atoms with Crippen LogP contribution in [0.15, 0.2) is 0 Å². The second-order valence-electron chi connectivity index (χ2n) is 3.34. The molecule has 0 aromatic carbocycles. The van der Waals surface area contributed by atoms with Crippen LogP contribution in [0.2, 0.25) is 0 Å². The maximum Gasteiger partial charge on any atom is 0.216 e. The van der Waals surface area contributed by atoms with Crippen LogP contribution >= 0.6 is 0 Å². The van der Waals surface area contributed by atoms with E-state index in [9.17, 15) is 4.79 Å². The summed E-state index contributed by atoms with van der Waals surface area (Å²) in [6.45, 7) is 10.1. The number of hydrogen-bond donors (Lipinski definition) is 4. The van der Waals surface area contributed by atoms with Gasteiger partial charge in [-0.05, 0) is 6.54 Å². The Kier molecular flexibility index (Phi) is 10.9. The smallest absolute Gasteiger partial charge is 0.216 e. The van der Waals surface area contributed by atoms with Crippen molar-refractivity contribution in [2.45, 2.75) is 13.8 Å². The van der Waals surface area contributed by atoms with E-state index in [1.165, 1.54) is 6.92 Å². The van der Waals surface area contributed by atoms with Crippen LogP contribution in [0.1, 0.15) is 13.8 Å². The molecule has 1 amide bonds. The van der Waals surface area contributed by atoms with Crippen LogP contribution in [-0.4, -0.2) is 51.7 Å². The summed E-state index contributed by atoms with van der Waals surface area (Å²) in [5.74, 6) is 0.0283. The molecular formula is C10H24N4O. The Morgan fingerprint density at radius 3 is 1.80 bits per heavy atom. The molecule has 0 unspecified atom stereocenters. The molecule has 0 heterocycles. The third-order valence-corrected chi connectivity index (χ3v) is 1.88. The molecule has 90 valence electrons. The van der Waals surface area contributed by atoms with Crippen LogP contribution in [-0.2, 0) is 4.79 Å². The van der Waals surface area contributed by atoms with Crippen molar-refractivity contribution in [3.05, 3.63) is 0 Å². The lowest BCUT2D eigenvalue weighted by atomic mass is 10.5. The lowest BCUT2D eigenvalue weighted by Gasteiger charge is -2.07. The molecule has 0 radical (unpaired) electrons. The number of amides is 1. The molecule has 4 N–H and O–H groups in total. The monoisotopic (exact) mass is 216 g/mol. The number of hydrogen-bond acceptors (Lipinski definition) is 4. The van der Waals surface area contributed by atoms with E-state index in [1.54, 1.807) is 0 Å². The van der Waals surface area contributed by atoms with Crippen molar-refractivity contribution < 1.29 is 4.79 Å². The summed E-state index contributed by atoms with van der Waals surface area (Å²) < 4.78 is 0. The van der Waals surface area contributed by atoms with Crippen molar-refractivity contribution in [2.75, 3.05) is 45.8 Å². The quantitative estimate of drug-likeness (QED) is 0.350. The predicted molar refractivity (Wildman–Crippen MR) is 63.0 cm³/mol. The minimum atomic E-state index is 0.0283. The van der Waals surface area contributed by atoms with Crippen molar-refractivity contribution in [3.8, 4) is 0 Å². The Morgan fingerprint density at radius 1 is 0.867 bits per heavy atom. The summed E-state index contributed by atoms with van der Waals surface area (Å²) in [6.07, 6.45) is 0. The molecule has 0 aliphatic rings. The van der Waals surface area contributed by atoms with Crippen LogP contribution < -0.4 is 21.3 Å². The van der Waals surface area contributed by atoms with Gasteiger partial charge >= 0.3 is 0 Å². The highest BCUT2D eigenvalue weighted by molar-refractivity contribution is 5.72. The number of carbonyl (C=O) groups is 1. The second-order valence-corrected chi connectivity index (χ2v) is 3.34. The van der Waals surface area contributed by atoms with Crippen LogP contribution in [0.3, 0.4) is 0 Å². The zero-order valence-electron chi connectivity index (χ0n) is 9.86. The van der Waals surface area contributed by atoms with Crippen LogP contribution in [0.25, 0.3) is 0 Å². The third kappa shape index (κ3) is 13.3. The van der Waals surface area contributed by atoms with E-state index in [2.05, 4.69) is 28.2 Å². The van der Waals surface area contributed by atoms with Gasteiger partial charge in [-0.1, -0.05) is 6.92 Å². The molecule has 0 fully saturated rings. The summed E-state index contributed by atoms with van der Waals surface area (Å²) in [5.41, 5.74) is 0. The number of rotatable bonds is 10. The minimum Gasteiger partial charge on any atom is -0.355 e. The van der Waals surface area contributed by atoms with E-state index in [4.69, 9.17) is 0 Å². The van der Waals surface area contributed by atoms with Crippen molar-refractivity contribution in [1.82, 2.24) is 21.3 Å². The third-order valence-electron chi connectivity index (χ3n) is 1.88. The minimum absolute atomic E-state index is 0.0283. The molecule has 0 rings (SSSR count). The molecule has 0 aromatic heterocycles. The highest BCUT2D eigenvalue weighted by Gasteiger charge is 1.90. The Labute approximate surface area is 92.4 Å². The van der Waals surface area contributed by atoms with Gasteiger partial charge in [0.1, 0.15) is 0 Å². The van der Waals surface area contributed by atoms with Gasteiger partial charge in [-0.15, -0.1) is 0 Å². The summed E-state index contributed by atoms with van der Waals surface area (Å²) >= 11 is 0. The Bertz CT molecular complexity index is 152. The zero-order valence-corrected chi connectivity index (χ0v) is 9.86. The molecule has 0 atom stereocenters. The summed E-state index contributed by atoms with van der Waals surface area (Å²) in [7, 11) is 0. The maximum atomic E-state index is 10.5. The van der Waals surface area contributed by atoms with Gasteiger partial charge in [0.05, 0.1) is 0 Å². The van der Waals surface area contributed by atoms with E-state index < -0.39 is 0 Å². The Morgan fingerprint density at radius 2 is 1.33 bits per heavy atom. The van der Waals surface area contributed by atoms with E-state index >= 15 is 0 Å². The first-order chi connectivity index (χ1) is 7.27. The highest BCUT2D eigenvalue weighted by Crippen LogP contribution is 1.63. The van der Waals surface area contributed by atoms with Gasteiger partial charge in [0.15, 0.2) is 0 Å². The van der Waals surface area contributed by atoms with Crippen molar-refractivity contribution in [3.63, 3.8) is 0 Å². The van der Waals surface area contributed by atoms with Crippen molar-refractivity contribution in [1.29, 1.82) is 0 Å². The highest BCUT2D eigenvalue weighted by atomic mass is 16.1. The Hall–Kier alpha value is -0.650. The molecule has 0 aromatic rings. The normalized spacial score (nSPS) is 10.3. The first kappa shape index (κ1) is 14.3. The number of nitrogens with one attached hydrogen (secondary N) is 4. The summed E-state index contributed by atoms with van der Waals surface area (Å²) in [5, 5.41) is 12.5. The fraction of sp³-hybridized carbons (Fsp3) is 0.900. The van der Waals surface area contributed by atoms with Gasteiger partial charge in [0.2, 0.25) is 5.91 Å². The summed E-state index contributed by atoms with van der Waals surface area (Å²) in [6, 6.07) is 0. The molecule has 0 aliphatic heterocycles. The molecule has 0 spiro atoms. The molecule has 0 bridgehead atoms. The number of carbonyl (C=O) groups excluding carboxylic acids is 1. The predicted octanol–water partition coefficient (Wildman–Crippen LogP) is -1.09. The van der Waals surface area contributed by atoms with E-state index in [-0.39, 0.29) is 5.91 Å². The first-order valence-electron chi connectivity index (χ1n) is 5.64. The van der Waals surface area contributed by atoms with Crippen molar-refractivity contribution in [2.24, 2.45) is 0 Å². The molecular weight excluding hydrogens is 192 g/mol. The van der Waals surface area contributed by atoms with E-state index in [0.29, 0.717) is 6.54 Å². The van der Waals surface area contributed by atoms with Crippen molar-refractivity contribution >= 4 is 5.91 Å². The average Bonchev–Trinajstić information content (AvgIpc) is 2.20. The van der Waals surface area contributed by atoms with Gasteiger partial charge in [0, 0.05) is 46.2 Å². The SMILES string of the molecule is CCNCCNCCNCCNC(C)=O. The summed E-state index contributed by atoms with van der Waals surface area (Å²) in [4.78, 5) is 10.5. The van der Waals surface area contributed by atoms with Gasteiger partial charge in [0.25, 0.3) is 0 Å². The van der Waals surface area contributed by atoms with Gasteiger partial charge < -0.3 is 21.3 Å². The number of likely N-dealkylation sites (N-methyl/N-ethyl adjacent to an activating group) is 1. The zero-order chi connectivity index (χ0) is 11.4. The largest absolute Gasteiger partial charge is 0.355 e. The van der Waals surface area contributed by atoms with Gasteiger partial charge in [-0.2, -0.15) is 0 Å². The van der Waals surface area contributed by atoms with Crippen LogP contribution in [0.5, 0.6) is 0 Å². The molecule has 0 aliphatic carbocycles. The standard InChI is InChI=1S/C10H24N4O/c1-3-11-4-5-12-6-7-13-8-9-14-10(2)15/h11-13H,3-9H2,1-2H3,(H,14,15). The topological polar surface area (TPSA) is 65.2 Å². The fourth-order valence-electron chi connectivity index (χ4n) is 1.11. The van der Waals surface area contributed by atoms with Crippen LogP contribution in [0, 0.1) is 0 Å². The lowest BCUT2D eigenvalue weighted by molar-refractivity contribution is -0.118. The van der Waals surface area contributed by atoms with Gasteiger partial charge in [-0.3, -0.25) is 4.79 Å². The maximum absolute atomic E-state index is 10.5. The van der Waals surface area contributed by atoms with E-state index in [1.807, 2.05) is 0 Å². The van der Waals surface area contributed by atoms with Gasteiger partial charge in [-0.25, -0.2) is 0 Å². The molecule has 0 saturated carbocycles. The van der Waals surface area contributed by atoms with E-state index in [0.717, 1.165) is 39.3 Å². The molecule has 0 saturated heterocycles.